The van der Waals surface area contributed by atoms with Gasteiger partial charge in [0, 0.05) is 11.7 Å². The van der Waals surface area contributed by atoms with Crippen LogP contribution in [-0.4, -0.2) is 24.0 Å². The van der Waals surface area contributed by atoms with E-state index in [1.165, 1.54) is 37.9 Å². The first-order valence-corrected chi connectivity index (χ1v) is 6.76. The monoisotopic (exact) mass is 232 g/mol. The van der Waals surface area contributed by atoms with Crippen LogP contribution in [0, 0.1) is 0 Å². The van der Waals surface area contributed by atoms with E-state index >= 15 is 0 Å². The lowest BCUT2D eigenvalue weighted by atomic mass is 9.97. The van der Waals surface area contributed by atoms with E-state index in [0.717, 1.165) is 11.7 Å². The summed E-state index contributed by atoms with van der Waals surface area (Å²) in [5.74, 6) is 0.628. The number of hydrogen-bond acceptors (Lipinski definition) is 2. The Morgan fingerprint density at radius 1 is 1.35 bits per heavy atom. The Morgan fingerprint density at radius 3 is 2.65 bits per heavy atom. The lowest BCUT2D eigenvalue weighted by Gasteiger charge is -2.23. The molecule has 0 spiro atoms. The third kappa shape index (κ3) is 3.22. The van der Waals surface area contributed by atoms with Gasteiger partial charge in [0.05, 0.1) is 0 Å². The summed E-state index contributed by atoms with van der Waals surface area (Å²) < 4.78 is 0. The molecule has 1 fully saturated rings. The number of nitrogens with two attached hydrogens (primary N) is 1. The molecule has 1 aliphatic heterocycles. The number of nitrogens with zero attached hydrogens (tertiary/aromatic N) is 1. The van der Waals surface area contributed by atoms with Crippen molar-refractivity contribution in [2.45, 2.75) is 45.1 Å². The summed E-state index contributed by atoms with van der Waals surface area (Å²) in [5, 5.41) is 0. The number of anilines is 1. The van der Waals surface area contributed by atoms with Crippen molar-refractivity contribution >= 4 is 5.69 Å². The molecular weight excluding hydrogens is 208 g/mol. The second kappa shape index (κ2) is 5.54. The summed E-state index contributed by atoms with van der Waals surface area (Å²) in [6.45, 7) is 7.18. The van der Waals surface area contributed by atoms with E-state index in [1.807, 2.05) is 12.1 Å². The van der Waals surface area contributed by atoms with Crippen LogP contribution >= 0.6 is 0 Å². The van der Waals surface area contributed by atoms with Gasteiger partial charge < -0.3 is 10.6 Å². The Labute approximate surface area is 105 Å². The summed E-state index contributed by atoms with van der Waals surface area (Å²) in [4.78, 5) is 2.62. The van der Waals surface area contributed by atoms with Crippen LogP contribution in [-0.2, 0) is 0 Å². The van der Waals surface area contributed by atoms with Crippen LogP contribution in [0.1, 0.15) is 44.6 Å². The summed E-state index contributed by atoms with van der Waals surface area (Å²) in [7, 11) is 0. The third-order valence-corrected chi connectivity index (χ3v) is 4.05. The van der Waals surface area contributed by atoms with Gasteiger partial charge in [0.15, 0.2) is 0 Å². The largest absolute Gasteiger partial charge is 0.399 e. The molecular formula is C15H24N2. The summed E-state index contributed by atoms with van der Waals surface area (Å²) in [5.41, 5.74) is 7.97. The normalized spacial score (nSPS) is 22.8. The Kier molecular flexibility index (Phi) is 4.06. The number of benzene rings is 1. The molecule has 0 saturated carbocycles. The average Bonchev–Trinajstić information content (AvgIpc) is 2.73. The van der Waals surface area contributed by atoms with Crippen LogP contribution in [0.25, 0.3) is 0 Å². The molecule has 2 heteroatoms. The minimum absolute atomic E-state index is 0.628. The first kappa shape index (κ1) is 12.4. The molecule has 94 valence electrons. The average molecular weight is 232 g/mol. The van der Waals surface area contributed by atoms with Gasteiger partial charge in [-0.15, -0.1) is 0 Å². The summed E-state index contributed by atoms with van der Waals surface area (Å²) >= 11 is 0. The SMILES string of the molecule is CC(CCN1CCCC1C)c1ccc(N)cc1. The molecule has 2 N–H and O–H groups in total. The number of likely N-dealkylation sites (tertiary alicyclic amines) is 1. The van der Waals surface area contributed by atoms with Crippen molar-refractivity contribution in [2.75, 3.05) is 18.8 Å². The maximum absolute atomic E-state index is 5.71. The van der Waals surface area contributed by atoms with Crippen molar-refractivity contribution in [1.82, 2.24) is 4.90 Å². The van der Waals surface area contributed by atoms with Gasteiger partial charge in [0.25, 0.3) is 0 Å². The van der Waals surface area contributed by atoms with Crippen molar-refractivity contribution in [3.05, 3.63) is 29.8 Å². The zero-order chi connectivity index (χ0) is 12.3. The first-order chi connectivity index (χ1) is 8.16. The summed E-state index contributed by atoms with van der Waals surface area (Å²) in [6, 6.07) is 9.11. The van der Waals surface area contributed by atoms with E-state index in [2.05, 4.69) is 30.9 Å². The smallest absolute Gasteiger partial charge is 0.0314 e. The molecule has 2 unspecified atom stereocenters. The highest BCUT2D eigenvalue weighted by Crippen LogP contribution is 2.23. The van der Waals surface area contributed by atoms with Crippen LogP contribution in [0.15, 0.2) is 24.3 Å². The van der Waals surface area contributed by atoms with Gasteiger partial charge in [0.1, 0.15) is 0 Å². The Balaban J connectivity index is 1.84. The lowest BCUT2D eigenvalue weighted by Crippen LogP contribution is -2.28. The molecule has 0 aromatic heterocycles. The predicted octanol–water partition coefficient (Wildman–Crippen LogP) is 3.25. The molecule has 0 radical (unpaired) electrons. The van der Waals surface area contributed by atoms with E-state index < -0.39 is 0 Å². The Morgan fingerprint density at radius 2 is 2.06 bits per heavy atom. The molecule has 1 saturated heterocycles. The van der Waals surface area contributed by atoms with Gasteiger partial charge in [-0.1, -0.05) is 19.1 Å². The lowest BCUT2D eigenvalue weighted by molar-refractivity contribution is 0.259. The van der Waals surface area contributed by atoms with E-state index in [-0.39, 0.29) is 0 Å². The van der Waals surface area contributed by atoms with Crippen molar-refractivity contribution in [1.29, 1.82) is 0 Å². The number of rotatable bonds is 4. The molecule has 0 aliphatic carbocycles. The highest BCUT2D eigenvalue weighted by molar-refractivity contribution is 5.40. The molecule has 2 atom stereocenters. The van der Waals surface area contributed by atoms with Crippen LogP contribution < -0.4 is 5.73 Å². The number of nitrogen functional groups attached to an aromatic ring is 1. The van der Waals surface area contributed by atoms with Crippen molar-refractivity contribution in [2.24, 2.45) is 0 Å². The van der Waals surface area contributed by atoms with Gasteiger partial charge in [-0.3, -0.25) is 0 Å². The zero-order valence-electron chi connectivity index (χ0n) is 11.0. The fourth-order valence-electron chi connectivity index (χ4n) is 2.68. The van der Waals surface area contributed by atoms with E-state index in [4.69, 9.17) is 5.73 Å². The van der Waals surface area contributed by atoms with Crippen molar-refractivity contribution in [3.63, 3.8) is 0 Å². The molecule has 0 amide bonds. The molecule has 1 aromatic rings. The Hall–Kier alpha value is -1.02. The van der Waals surface area contributed by atoms with Crippen LogP contribution in [0.2, 0.25) is 0 Å². The van der Waals surface area contributed by atoms with Gasteiger partial charge in [-0.2, -0.15) is 0 Å². The van der Waals surface area contributed by atoms with Crippen LogP contribution in [0.3, 0.4) is 0 Å². The van der Waals surface area contributed by atoms with Gasteiger partial charge in [-0.25, -0.2) is 0 Å². The highest BCUT2D eigenvalue weighted by atomic mass is 15.2. The fourth-order valence-corrected chi connectivity index (χ4v) is 2.68. The van der Waals surface area contributed by atoms with Crippen LogP contribution in [0.4, 0.5) is 5.69 Å². The van der Waals surface area contributed by atoms with E-state index in [9.17, 15) is 0 Å². The predicted molar refractivity (Wildman–Crippen MR) is 74.2 cm³/mol. The molecule has 1 aliphatic rings. The third-order valence-electron chi connectivity index (χ3n) is 4.05. The first-order valence-electron chi connectivity index (χ1n) is 6.76. The van der Waals surface area contributed by atoms with Crippen LogP contribution in [0.5, 0.6) is 0 Å². The number of hydrogen-bond donors (Lipinski definition) is 1. The van der Waals surface area contributed by atoms with Gasteiger partial charge in [0.2, 0.25) is 0 Å². The van der Waals surface area contributed by atoms with Gasteiger partial charge >= 0.3 is 0 Å². The second-order valence-corrected chi connectivity index (χ2v) is 5.38. The minimum atomic E-state index is 0.628. The Bertz CT molecular complexity index is 344. The standard InChI is InChI=1S/C15H24N2/c1-12(14-5-7-15(16)8-6-14)9-11-17-10-3-4-13(17)2/h5-8,12-13H,3-4,9-11,16H2,1-2H3. The fraction of sp³-hybridized carbons (Fsp3) is 0.600. The second-order valence-electron chi connectivity index (χ2n) is 5.38. The molecule has 1 aromatic carbocycles. The summed E-state index contributed by atoms with van der Waals surface area (Å²) in [6.07, 6.45) is 3.99. The molecule has 2 nitrogen and oxygen atoms in total. The van der Waals surface area contributed by atoms with E-state index in [0.29, 0.717) is 5.92 Å². The minimum Gasteiger partial charge on any atom is -0.399 e. The zero-order valence-corrected chi connectivity index (χ0v) is 11.0. The van der Waals surface area contributed by atoms with E-state index in [1.54, 1.807) is 0 Å². The van der Waals surface area contributed by atoms with Crippen molar-refractivity contribution in [3.8, 4) is 0 Å². The molecule has 17 heavy (non-hydrogen) atoms. The highest BCUT2D eigenvalue weighted by Gasteiger charge is 2.20. The molecule has 1 heterocycles. The van der Waals surface area contributed by atoms with Gasteiger partial charge in [-0.05, 0) is 62.9 Å². The maximum Gasteiger partial charge on any atom is 0.0314 e. The molecule has 2 rings (SSSR count). The maximum atomic E-state index is 5.71. The molecule has 0 bridgehead atoms. The topological polar surface area (TPSA) is 29.3 Å². The van der Waals surface area contributed by atoms with Crippen molar-refractivity contribution < 1.29 is 0 Å². The quantitative estimate of drug-likeness (QED) is 0.807.